The molecule has 0 aliphatic carbocycles. The number of benzene rings is 2. The summed E-state index contributed by atoms with van der Waals surface area (Å²) in [6.07, 6.45) is 3.43. The Morgan fingerprint density at radius 2 is 1.43 bits per heavy atom. The topological polar surface area (TPSA) is 55.8 Å². The smallest absolute Gasteiger partial charge is 0.336 e. The molecule has 28 heavy (non-hydrogen) atoms. The van der Waals surface area contributed by atoms with Gasteiger partial charge in [-0.25, -0.2) is 9.59 Å². The first-order valence-electron chi connectivity index (χ1n) is 8.68. The molecule has 2 aromatic rings. The van der Waals surface area contributed by atoms with E-state index in [0.717, 1.165) is 11.1 Å². The van der Waals surface area contributed by atoms with E-state index in [0.29, 0.717) is 22.7 Å². The van der Waals surface area contributed by atoms with Crippen molar-refractivity contribution in [2.45, 2.75) is 12.5 Å². The maximum atomic E-state index is 12.5. The first-order chi connectivity index (χ1) is 13.5. The van der Waals surface area contributed by atoms with Gasteiger partial charge in [-0.05, 0) is 23.3 Å². The van der Waals surface area contributed by atoms with Gasteiger partial charge in [0.25, 0.3) is 0 Å². The molecule has 1 aliphatic rings. The molecule has 1 aliphatic heterocycles. The highest BCUT2D eigenvalue weighted by molar-refractivity contribution is 6.30. The first-order valence-corrected chi connectivity index (χ1v) is 9.06. The van der Waals surface area contributed by atoms with E-state index in [9.17, 15) is 9.59 Å². The van der Waals surface area contributed by atoms with E-state index in [4.69, 9.17) is 21.1 Å². The van der Waals surface area contributed by atoms with Crippen LogP contribution in [-0.4, -0.2) is 31.1 Å². The molecule has 0 unspecified atom stereocenters. The minimum absolute atomic E-state index is 0.366. The van der Waals surface area contributed by atoms with E-state index >= 15 is 0 Å². The number of hydrogen-bond donors (Lipinski definition) is 0. The molecule has 0 radical (unpaired) electrons. The Kier molecular flexibility index (Phi) is 6.16. The Morgan fingerprint density at radius 3 is 1.93 bits per heavy atom. The summed E-state index contributed by atoms with van der Waals surface area (Å²) in [6, 6.07) is 16.7. The van der Waals surface area contributed by atoms with Crippen molar-refractivity contribution in [2.24, 2.45) is 0 Å². The summed E-state index contributed by atoms with van der Waals surface area (Å²) in [7, 11) is 2.65. The van der Waals surface area contributed by atoms with Crippen molar-refractivity contribution in [3.8, 4) is 0 Å². The van der Waals surface area contributed by atoms with Gasteiger partial charge in [0.05, 0.1) is 31.3 Å². The third-order valence-electron chi connectivity index (χ3n) is 4.49. The van der Waals surface area contributed by atoms with Crippen LogP contribution < -0.4 is 0 Å². The molecule has 2 aromatic carbocycles. The normalized spacial score (nSPS) is 14.2. The van der Waals surface area contributed by atoms with Crippen LogP contribution in [0.15, 0.2) is 78.1 Å². The third-order valence-corrected chi connectivity index (χ3v) is 4.74. The molecule has 0 amide bonds. The lowest BCUT2D eigenvalue weighted by Crippen LogP contribution is -2.28. The van der Waals surface area contributed by atoms with Crippen molar-refractivity contribution in [1.82, 2.24) is 4.90 Å². The highest BCUT2D eigenvalue weighted by Gasteiger charge is 2.35. The van der Waals surface area contributed by atoms with Crippen LogP contribution in [0.4, 0.5) is 0 Å². The van der Waals surface area contributed by atoms with Gasteiger partial charge in [0.1, 0.15) is 0 Å². The number of rotatable bonds is 5. The molecule has 0 saturated heterocycles. The quantitative estimate of drug-likeness (QED) is 0.712. The predicted molar refractivity (Wildman–Crippen MR) is 106 cm³/mol. The summed E-state index contributed by atoms with van der Waals surface area (Å²) in [4.78, 5) is 26.9. The number of hydrogen-bond acceptors (Lipinski definition) is 5. The Balaban J connectivity index is 2.04. The number of nitrogens with zero attached hydrogens (tertiary/aromatic N) is 1. The number of halogens is 1. The molecule has 0 fully saturated rings. The van der Waals surface area contributed by atoms with Crippen molar-refractivity contribution in [1.29, 1.82) is 0 Å². The van der Waals surface area contributed by atoms with Crippen LogP contribution in [0.2, 0.25) is 5.02 Å². The lowest BCUT2D eigenvalue weighted by Gasteiger charge is -2.30. The van der Waals surface area contributed by atoms with Crippen molar-refractivity contribution in [3.05, 3.63) is 94.3 Å². The fourth-order valence-electron chi connectivity index (χ4n) is 3.18. The second kappa shape index (κ2) is 8.76. The zero-order valence-corrected chi connectivity index (χ0v) is 16.3. The minimum atomic E-state index is -0.567. The van der Waals surface area contributed by atoms with Crippen LogP contribution in [0.3, 0.4) is 0 Å². The van der Waals surface area contributed by atoms with Gasteiger partial charge in [-0.1, -0.05) is 54.1 Å². The van der Waals surface area contributed by atoms with Crippen LogP contribution in [0.25, 0.3) is 0 Å². The summed E-state index contributed by atoms with van der Waals surface area (Å²) in [6.45, 7) is 0.458. The van der Waals surface area contributed by atoms with Crippen LogP contribution in [-0.2, 0) is 25.6 Å². The number of carbonyl (C=O) groups excluding carboxylic acids is 2. The molecular formula is C22H20ClNO4. The molecule has 0 saturated carbocycles. The van der Waals surface area contributed by atoms with Crippen molar-refractivity contribution < 1.29 is 19.1 Å². The van der Waals surface area contributed by atoms with Crippen LogP contribution in [0.1, 0.15) is 17.0 Å². The highest BCUT2D eigenvalue weighted by atomic mass is 35.5. The molecule has 1 heterocycles. The molecule has 0 spiro atoms. The second-order valence-corrected chi connectivity index (χ2v) is 6.73. The average molecular weight is 398 g/mol. The maximum Gasteiger partial charge on any atom is 0.336 e. The van der Waals surface area contributed by atoms with E-state index in [-0.39, 0.29) is 0 Å². The molecule has 6 heteroatoms. The zero-order chi connectivity index (χ0) is 20.1. The summed E-state index contributed by atoms with van der Waals surface area (Å²) in [5, 5.41) is 0.642. The number of carbonyl (C=O) groups is 2. The van der Waals surface area contributed by atoms with Gasteiger partial charge < -0.3 is 14.4 Å². The lowest BCUT2D eigenvalue weighted by atomic mass is 9.83. The van der Waals surface area contributed by atoms with Gasteiger partial charge in [-0.15, -0.1) is 0 Å². The molecule has 3 rings (SSSR count). The Bertz CT molecular complexity index is 885. The van der Waals surface area contributed by atoms with Crippen molar-refractivity contribution in [2.75, 3.05) is 14.2 Å². The Labute approximate surface area is 168 Å². The van der Waals surface area contributed by atoms with Gasteiger partial charge in [-0.3, -0.25) is 0 Å². The SMILES string of the molecule is COC(=O)C1=CN(Cc2ccc(Cl)cc2)C=C(C(=O)OC)C1c1ccccc1. The van der Waals surface area contributed by atoms with Crippen molar-refractivity contribution in [3.63, 3.8) is 0 Å². The second-order valence-electron chi connectivity index (χ2n) is 6.29. The van der Waals surface area contributed by atoms with E-state index in [1.807, 2.05) is 42.5 Å². The molecule has 144 valence electrons. The summed E-state index contributed by atoms with van der Waals surface area (Å²) in [5.74, 6) is -1.56. The molecule has 0 atom stereocenters. The van der Waals surface area contributed by atoms with Crippen LogP contribution in [0, 0.1) is 0 Å². The van der Waals surface area contributed by atoms with Gasteiger partial charge in [0, 0.05) is 24.0 Å². The number of esters is 2. The Morgan fingerprint density at radius 1 is 0.893 bits per heavy atom. The largest absolute Gasteiger partial charge is 0.466 e. The Hall–Kier alpha value is -3.05. The number of ether oxygens (including phenoxy) is 2. The predicted octanol–water partition coefficient (Wildman–Crippen LogP) is 4.05. The molecule has 0 aromatic heterocycles. The maximum absolute atomic E-state index is 12.5. The van der Waals surface area contributed by atoms with Crippen LogP contribution >= 0.6 is 11.6 Å². The van der Waals surface area contributed by atoms with E-state index in [2.05, 4.69) is 0 Å². The van der Waals surface area contributed by atoms with Gasteiger partial charge in [-0.2, -0.15) is 0 Å². The van der Waals surface area contributed by atoms with E-state index in [1.165, 1.54) is 14.2 Å². The minimum Gasteiger partial charge on any atom is -0.466 e. The van der Waals surface area contributed by atoms with Crippen molar-refractivity contribution >= 4 is 23.5 Å². The fourth-order valence-corrected chi connectivity index (χ4v) is 3.31. The molecule has 0 bridgehead atoms. The van der Waals surface area contributed by atoms with E-state index in [1.54, 1.807) is 29.4 Å². The summed E-state index contributed by atoms with van der Waals surface area (Å²) < 4.78 is 9.97. The summed E-state index contributed by atoms with van der Waals surface area (Å²) in [5.41, 5.74) is 2.52. The molecule has 5 nitrogen and oxygen atoms in total. The monoisotopic (exact) mass is 397 g/mol. The average Bonchev–Trinajstić information content (AvgIpc) is 2.74. The first kappa shape index (κ1) is 19.7. The summed E-state index contributed by atoms with van der Waals surface area (Å²) >= 11 is 5.95. The zero-order valence-electron chi connectivity index (χ0n) is 15.6. The lowest BCUT2D eigenvalue weighted by molar-refractivity contribution is -0.137. The molecular weight excluding hydrogens is 378 g/mol. The van der Waals surface area contributed by atoms with Crippen LogP contribution in [0.5, 0.6) is 0 Å². The van der Waals surface area contributed by atoms with E-state index < -0.39 is 17.9 Å². The van der Waals surface area contributed by atoms with Gasteiger partial charge >= 0.3 is 11.9 Å². The van der Waals surface area contributed by atoms with Gasteiger partial charge in [0.15, 0.2) is 0 Å². The highest BCUT2D eigenvalue weighted by Crippen LogP contribution is 2.37. The standard InChI is InChI=1S/C22H20ClNO4/c1-27-21(25)18-13-24(12-15-8-10-17(23)11-9-15)14-19(22(26)28-2)20(18)16-6-4-3-5-7-16/h3-11,13-14,20H,12H2,1-2H3. The fraction of sp³-hybridized carbons (Fsp3) is 0.182. The van der Waals surface area contributed by atoms with Gasteiger partial charge in [0.2, 0.25) is 0 Å². The molecule has 0 N–H and O–H groups in total. The number of methoxy groups -OCH3 is 2. The third kappa shape index (κ3) is 4.26.